The molecule has 7 heteroatoms. The summed E-state index contributed by atoms with van der Waals surface area (Å²) in [6.45, 7) is 8.59. The lowest BCUT2D eigenvalue weighted by molar-refractivity contribution is -0.127. The Bertz CT molecular complexity index is 623. The molecule has 27 heavy (non-hydrogen) atoms. The van der Waals surface area contributed by atoms with E-state index in [2.05, 4.69) is 36.3 Å². The van der Waals surface area contributed by atoms with Crippen LogP contribution >= 0.6 is 0 Å². The lowest BCUT2D eigenvalue weighted by Gasteiger charge is -2.38. The summed E-state index contributed by atoms with van der Waals surface area (Å²) in [4.78, 5) is 27.8. The van der Waals surface area contributed by atoms with E-state index >= 15 is 0 Å². The maximum atomic E-state index is 12.2. The molecule has 7 nitrogen and oxygen atoms in total. The van der Waals surface area contributed by atoms with Crippen molar-refractivity contribution in [2.75, 3.05) is 39.0 Å². The number of anilines is 1. The first kappa shape index (κ1) is 21.2. The number of hydrogen-bond acceptors (Lipinski definition) is 4. The zero-order chi connectivity index (χ0) is 20.0. The molecule has 2 rings (SSSR count). The van der Waals surface area contributed by atoms with Gasteiger partial charge in [0.25, 0.3) is 0 Å². The average Bonchev–Trinajstić information content (AvgIpc) is 2.60. The summed E-state index contributed by atoms with van der Waals surface area (Å²) in [6.07, 6.45) is 0.777. The molecule has 1 heterocycles. The third-order valence-corrected chi connectivity index (χ3v) is 4.70. The molecule has 3 amide bonds. The number of carbonyl (C=O) groups excluding carboxylic acids is 2. The van der Waals surface area contributed by atoms with Crippen molar-refractivity contribution in [2.45, 2.75) is 45.4 Å². The van der Waals surface area contributed by atoms with Gasteiger partial charge in [-0.15, -0.1) is 0 Å². The van der Waals surface area contributed by atoms with E-state index in [4.69, 9.17) is 4.74 Å². The van der Waals surface area contributed by atoms with Gasteiger partial charge in [0.05, 0.1) is 18.6 Å². The molecular formula is C20H32N4O3. The third kappa shape index (κ3) is 6.84. The molecule has 0 bridgehead atoms. The lowest BCUT2D eigenvalue weighted by atomic mass is 10.1. The number of benzene rings is 1. The first-order valence-electron chi connectivity index (χ1n) is 9.48. The van der Waals surface area contributed by atoms with Crippen LogP contribution in [0.15, 0.2) is 24.3 Å². The highest BCUT2D eigenvalue weighted by Gasteiger charge is 2.25. The van der Waals surface area contributed by atoms with E-state index in [0.29, 0.717) is 18.7 Å². The monoisotopic (exact) mass is 376 g/mol. The summed E-state index contributed by atoms with van der Waals surface area (Å²) in [7, 11) is 3.48. The molecule has 1 aliphatic heterocycles. The van der Waals surface area contributed by atoms with Crippen molar-refractivity contribution in [3.63, 3.8) is 0 Å². The number of nitrogens with one attached hydrogen (secondary N) is 2. The van der Waals surface area contributed by atoms with Crippen LogP contribution in [0.25, 0.3) is 0 Å². The normalized spacial score (nSPS) is 21.4. The van der Waals surface area contributed by atoms with Gasteiger partial charge in [-0.05, 0) is 38.5 Å². The Labute approximate surface area is 162 Å². The van der Waals surface area contributed by atoms with Gasteiger partial charge in [-0.1, -0.05) is 12.1 Å². The van der Waals surface area contributed by atoms with E-state index in [1.165, 1.54) is 0 Å². The third-order valence-electron chi connectivity index (χ3n) is 4.70. The number of amides is 3. The van der Waals surface area contributed by atoms with Crippen molar-refractivity contribution >= 4 is 17.6 Å². The molecule has 150 valence electrons. The van der Waals surface area contributed by atoms with E-state index in [9.17, 15) is 9.59 Å². The van der Waals surface area contributed by atoms with Crippen LogP contribution in [0, 0.1) is 0 Å². The molecule has 0 unspecified atom stereocenters. The van der Waals surface area contributed by atoms with Crippen LogP contribution in [0.5, 0.6) is 0 Å². The largest absolute Gasteiger partial charge is 0.373 e. The van der Waals surface area contributed by atoms with Crippen LogP contribution in [0.2, 0.25) is 0 Å². The summed E-state index contributed by atoms with van der Waals surface area (Å²) in [6, 6.07) is 7.35. The highest BCUT2D eigenvalue weighted by Crippen LogP contribution is 2.13. The van der Waals surface area contributed by atoms with Crippen molar-refractivity contribution in [3.8, 4) is 0 Å². The Morgan fingerprint density at radius 3 is 2.33 bits per heavy atom. The van der Waals surface area contributed by atoms with Crippen molar-refractivity contribution in [1.29, 1.82) is 0 Å². The predicted molar refractivity (Wildman–Crippen MR) is 107 cm³/mol. The number of ether oxygens (including phenoxy) is 1. The van der Waals surface area contributed by atoms with Crippen LogP contribution < -0.4 is 10.6 Å². The number of carbonyl (C=O) groups is 2. The molecule has 1 saturated heterocycles. The van der Waals surface area contributed by atoms with Gasteiger partial charge in [0, 0.05) is 45.5 Å². The van der Waals surface area contributed by atoms with Gasteiger partial charge >= 0.3 is 6.03 Å². The number of likely N-dealkylation sites (N-methyl/N-ethyl adjacent to an activating group) is 1. The molecule has 1 aromatic rings. The second-order valence-electron chi connectivity index (χ2n) is 7.56. The van der Waals surface area contributed by atoms with Gasteiger partial charge in [0.15, 0.2) is 0 Å². The number of nitrogens with zero attached hydrogens (tertiary/aromatic N) is 2. The molecule has 2 N–H and O–H groups in total. The molecule has 0 aliphatic carbocycles. The summed E-state index contributed by atoms with van der Waals surface area (Å²) in [5, 5.41) is 5.76. The van der Waals surface area contributed by atoms with Crippen molar-refractivity contribution < 1.29 is 14.3 Å². The fourth-order valence-corrected chi connectivity index (χ4v) is 3.16. The quantitative estimate of drug-likeness (QED) is 0.796. The highest BCUT2D eigenvalue weighted by molar-refractivity contribution is 5.89. The molecular weight excluding hydrogens is 344 g/mol. The van der Waals surface area contributed by atoms with Gasteiger partial charge in [-0.2, -0.15) is 0 Å². The van der Waals surface area contributed by atoms with Crippen molar-refractivity contribution in [2.24, 2.45) is 0 Å². The Balaban J connectivity index is 1.77. The van der Waals surface area contributed by atoms with Crippen LogP contribution in [0.1, 0.15) is 26.3 Å². The van der Waals surface area contributed by atoms with E-state index in [0.717, 1.165) is 18.7 Å². The fraction of sp³-hybridized carbons (Fsp3) is 0.600. The first-order valence-corrected chi connectivity index (χ1v) is 9.48. The van der Waals surface area contributed by atoms with Gasteiger partial charge < -0.3 is 20.3 Å². The fourth-order valence-electron chi connectivity index (χ4n) is 3.16. The minimum absolute atomic E-state index is 0.0502. The van der Waals surface area contributed by atoms with E-state index in [-0.39, 0.29) is 30.2 Å². The Hall–Kier alpha value is -2.12. The standard InChI is InChI=1S/C20H32N4O3/c1-14(24-12-15(2)27-16(3)13-24)11-21-20(26)22-18-8-6-17(7-9-18)10-19(25)23(4)5/h6-9,14-16H,10-13H2,1-5H3,(H2,21,22,26)/t14-,15-,16+/m0/s1. The summed E-state index contributed by atoms with van der Waals surface area (Å²) < 4.78 is 5.75. The van der Waals surface area contributed by atoms with Crippen LogP contribution in [-0.2, 0) is 16.0 Å². The lowest BCUT2D eigenvalue weighted by Crippen LogP contribution is -2.52. The second kappa shape index (κ2) is 9.71. The Morgan fingerprint density at radius 1 is 1.19 bits per heavy atom. The maximum absolute atomic E-state index is 12.2. The zero-order valence-corrected chi connectivity index (χ0v) is 17.0. The summed E-state index contributed by atoms with van der Waals surface area (Å²) >= 11 is 0. The zero-order valence-electron chi connectivity index (χ0n) is 17.0. The topological polar surface area (TPSA) is 73.9 Å². The second-order valence-corrected chi connectivity index (χ2v) is 7.56. The van der Waals surface area contributed by atoms with Crippen molar-refractivity contribution in [1.82, 2.24) is 15.1 Å². The van der Waals surface area contributed by atoms with E-state index in [1.807, 2.05) is 24.3 Å². The number of morpholine rings is 1. The smallest absolute Gasteiger partial charge is 0.319 e. The summed E-state index contributed by atoms with van der Waals surface area (Å²) in [5.41, 5.74) is 1.62. The minimum Gasteiger partial charge on any atom is -0.373 e. The average molecular weight is 377 g/mol. The predicted octanol–water partition coefficient (Wildman–Crippen LogP) is 1.94. The molecule has 1 aromatic carbocycles. The number of urea groups is 1. The Kier molecular flexibility index (Phi) is 7.62. The molecule has 0 aromatic heterocycles. The first-order chi connectivity index (χ1) is 12.7. The number of rotatable bonds is 6. The SMILES string of the molecule is C[C@@H]1CN([C@@H](C)CNC(=O)Nc2ccc(CC(=O)N(C)C)cc2)C[C@H](C)O1. The molecule has 1 aliphatic rings. The molecule has 0 saturated carbocycles. The summed E-state index contributed by atoms with van der Waals surface area (Å²) in [5.74, 6) is 0.0502. The molecule has 0 radical (unpaired) electrons. The van der Waals surface area contributed by atoms with Crippen LogP contribution in [0.3, 0.4) is 0 Å². The Morgan fingerprint density at radius 2 is 1.78 bits per heavy atom. The van der Waals surface area contributed by atoms with Gasteiger partial charge in [0.2, 0.25) is 5.91 Å². The van der Waals surface area contributed by atoms with Crippen molar-refractivity contribution in [3.05, 3.63) is 29.8 Å². The van der Waals surface area contributed by atoms with E-state index in [1.54, 1.807) is 19.0 Å². The molecule has 3 atom stereocenters. The molecule has 0 spiro atoms. The molecule has 1 fully saturated rings. The number of hydrogen-bond donors (Lipinski definition) is 2. The minimum atomic E-state index is -0.228. The highest BCUT2D eigenvalue weighted by atomic mass is 16.5. The van der Waals surface area contributed by atoms with Gasteiger partial charge in [0.1, 0.15) is 0 Å². The van der Waals surface area contributed by atoms with Gasteiger partial charge in [-0.25, -0.2) is 4.79 Å². The van der Waals surface area contributed by atoms with Gasteiger partial charge in [-0.3, -0.25) is 9.69 Å². The van der Waals surface area contributed by atoms with Crippen LogP contribution in [0.4, 0.5) is 10.5 Å². The van der Waals surface area contributed by atoms with E-state index < -0.39 is 0 Å². The van der Waals surface area contributed by atoms with Crippen LogP contribution in [-0.4, -0.2) is 73.7 Å². The maximum Gasteiger partial charge on any atom is 0.319 e.